The number of carbonyl (C=O) groups is 2. The predicted molar refractivity (Wildman–Crippen MR) is 215 cm³/mol. The first kappa shape index (κ1) is 51.2. The van der Waals surface area contributed by atoms with E-state index in [4.69, 9.17) is 13.8 Å². The molecule has 0 rings (SSSR count). The molecule has 52 heavy (non-hydrogen) atoms. The fourth-order valence-corrected chi connectivity index (χ4v) is 7.37. The van der Waals surface area contributed by atoms with Crippen LogP contribution in [0.15, 0.2) is 0 Å². The van der Waals surface area contributed by atoms with E-state index in [1.807, 2.05) is 21.1 Å². The van der Waals surface area contributed by atoms with E-state index in [1.165, 1.54) is 128 Å². The first-order chi connectivity index (χ1) is 25.0. The van der Waals surface area contributed by atoms with E-state index in [0.717, 1.165) is 38.5 Å². The average molecular weight is 763 g/mol. The number of ether oxygens (including phenoxy) is 1. The number of nitrogens with zero attached hydrogens (tertiary/aromatic N) is 1. The monoisotopic (exact) mass is 763 g/mol. The maximum absolute atomic E-state index is 13.3. The van der Waals surface area contributed by atoms with Crippen molar-refractivity contribution in [2.45, 2.75) is 219 Å². The summed E-state index contributed by atoms with van der Waals surface area (Å²) in [4.78, 5) is 36.5. The zero-order valence-electron chi connectivity index (χ0n) is 34.7. The molecular weight excluding hydrogens is 677 g/mol. The molecule has 0 radical (unpaired) electrons. The molecule has 0 aromatic rings. The third-order valence-corrected chi connectivity index (χ3v) is 10.9. The molecule has 0 aliphatic heterocycles. The van der Waals surface area contributed by atoms with Crippen LogP contribution >= 0.6 is 7.82 Å². The summed E-state index contributed by atoms with van der Waals surface area (Å²) in [5, 5.41) is 10.1. The number of unbranched alkanes of at least 4 members (excludes halogenated alkanes) is 26. The molecule has 0 saturated heterocycles. The standard InChI is InChI=1S/C42H84NO8P/c1-6-8-10-12-14-16-18-20-21-23-25-27-29-31-33-35-41(46)50-40(38-44)42(51-52(47,48)49-37-36-43(3,4)5)39(45)34-32-30-28-26-24-22-19-17-15-13-11-9-7-2/h40,42,44H,6-38H2,1-5H3/p+1/t40-,42?/m0/s1. The quantitative estimate of drug-likeness (QED) is 0.0274. The fraction of sp³-hybridized carbons (Fsp3) is 0.952. The van der Waals surface area contributed by atoms with Gasteiger partial charge in [-0.3, -0.25) is 18.6 Å². The van der Waals surface area contributed by atoms with Crippen molar-refractivity contribution in [1.29, 1.82) is 0 Å². The number of esters is 1. The number of hydrogen-bond donors (Lipinski definition) is 2. The molecule has 0 aromatic heterocycles. The summed E-state index contributed by atoms with van der Waals surface area (Å²) >= 11 is 0. The van der Waals surface area contributed by atoms with Crippen molar-refractivity contribution in [3.05, 3.63) is 0 Å². The Balaban J connectivity index is 4.61. The van der Waals surface area contributed by atoms with Gasteiger partial charge in [0.2, 0.25) is 0 Å². The van der Waals surface area contributed by atoms with Gasteiger partial charge < -0.3 is 19.2 Å². The van der Waals surface area contributed by atoms with E-state index in [9.17, 15) is 24.2 Å². The van der Waals surface area contributed by atoms with Gasteiger partial charge in [-0.25, -0.2) is 4.57 Å². The van der Waals surface area contributed by atoms with E-state index in [-0.39, 0.29) is 19.4 Å². The second-order valence-corrected chi connectivity index (χ2v) is 17.6. The highest BCUT2D eigenvalue weighted by Gasteiger charge is 2.38. The Morgan fingerprint density at radius 2 is 0.923 bits per heavy atom. The Hall–Kier alpha value is -0.830. The molecule has 310 valence electrons. The van der Waals surface area contributed by atoms with Crippen LogP contribution < -0.4 is 0 Å². The molecule has 2 N–H and O–H groups in total. The molecule has 0 spiro atoms. The minimum Gasteiger partial charge on any atom is -0.457 e. The van der Waals surface area contributed by atoms with Crippen LogP contribution in [-0.2, 0) is 27.9 Å². The third-order valence-electron chi connectivity index (χ3n) is 9.89. The molecular formula is C42H85NO8P+. The van der Waals surface area contributed by atoms with Gasteiger partial charge in [-0.05, 0) is 12.8 Å². The molecule has 9 nitrogen and oxygen atoms in total. The van der Waals surface area contributed by atoms with Gasteiger partial charge in [0.15, 0.2) is 18.0 Å². The number of hydrogen-bond acceptors (Lipinski definition) is 7. The van der Waals surface area contributed by atoms with Crippen LogP contribution in [0.2, 0.25) is 0 Å². The summed E-state index contributed by atoms with van der Waals surface area (Å²) in [6, 6.07) is 0. The molecule has 0 aromatic carbocycles. The van der Waals surface area contributed by atoms with Crippen molar-refractivity contribution in [2.75, 3.05) is 40.9 Å². The summed E-state index contributed by atoms with van der Waals surface area (Å²) in [5.74, 6) is -1.01. The van der Waals surface area contributed by atoms with Gasteiger partial charge in [0.05, 0.1) is 27.7 Å². The first-order valence-electron chi connectivity index (χ1n) is 21.7. The molecule has 2 unspecified atom stereocenters. The Morgan fingerprint density at radius 1 is 0.577 bits per heavy atom. The molecule has 0 saturated carbocycles. The highest BCUT2D eigenvalue weighted by atomic mass is 31.2. The largest absolute Gasteiger partial charge is 0.473 e. The van der Waals surface area contributed by atoms with Gasteiger partial charge in [0.25, 0.3) is 0 Å². The van der Waals surface area contributed by atoms with Crippen molar-refractivity contribution < 1.29 is 42.4 Å². The Kier molecular flexibility index (Phi) is 34.1. The normalized spacial score (nSPS) is 14.3. The van der Waals surface area contributed by atoms with Gasteiger partial charge in [0.1, 0.15) is 13.2 Å². The van der Waals surface area contributed by atoms with Crippen LogP contribution in [0.25, 0.3) is 0 Å². The Morgan fingerprint density at radius 3 is 1.27 bits per heavy atom. The van der Waals surface area contributed by atoms with Crippen molar-refractivity contribution in [3.63, 3.8) is 0 Å². The number of Topliss-reactive ketones (excluding diaryl/α,β-unsaturated/α-hetero) is 1. The lowest BCUT2D eigenvalue weighted by molar-refractivity contribution is -0.870. The molecule has 10 heteroatoms. The number of aliphatic hydroxyl groups excluding tert-OH is 1. The summed E-state index contributed by atoms with van der Waals surface area (Å²) in [7, 11) is 1.12. The zero-order valence-corrected chi connectivity index (χ0v) is 35.6. The van der Waals surface area contributed by atoms with E-state index >= 15 is 0 Å². The zero-order chi connectivity index (χ0) is 38.8. The number of carbonyl (C=O) groups excluding carboxylic acids is 2. The third kappa shape index (κ3) is 33.7. The second-order valence-electron chi connectivity index (χ2n) is 16.2. The van der Waals surface area contributed by atoms with Crippen LogP contribution in [-0.4, -0.2) is 79.3 Å². The minimum absolute atomic E-state index is 0.0557. The van der Waals surface area contributed by atoms with Crippen LogP contribution in [0.3, 0.4) is 0 Å². The molecule has 3 atom stereocenters. The van der Waals surface area contributed by atoms with Crippen LogP contribution in [0.5, 0.6) is 0 Å². The highest BCUT2D eigenvalue weighted by Crippen LogP contribution is 2.45. The van der Waals surface area contributed by atoms with E-state index < -0.39 is 38.4 Å². The number of phosphoric ester groups is 1. The van der Waals surface area contributed by atoms with Gasteiger partial charge in [0, 0.05) is 12.8 Å². The minimum atomic E-state index is -4.66. The van der Waals surface area contributed by atoms with Crippen molar-refractivity contribution in [2.24, 2.45) is 0 Å². The topological polar surface area (TPSA) is 119 Å². The van der Waals surface area contributed by atoms with Crippen molar-refractivity contribution in [3.8, 4) is 0 Å². The van der Waals surface area contributed by atoms with Crippen LogP contribution in [0, 0.1) is 0 Å². The van der Waals surface area contributed by atoms with Gasteiger partial charge >= 0.3 is 13.8 Å². The maximum atomic E-state index is 13.3. The van der Waals surface area contributed by atoms with E-state index in [1.54, 1.807) is 0 Å². The summed E-state index contributed by atoms with van der Waals surface area (Å²) in [5.41, 5.74) is 0. The first-order valence-corrected chi connectivity index (χ1v) is 23.2. The van der Waals surface area contributed by atoms with Gasteiger partial charge in [-0.1, -0.05) is 181 Å². The Labute approximate surface area is 320 Å². The summed E-state index contributed by atoms with van der Waals surface area (Å²) in [6.45, 7) is 4.19. The molecule has 0 bridgehead atoms. The molecule has 0 amide bonds. The van der Waals surface area contributed by atoms with Crippen molar-refractivity contribution in [1.82, 2.24) is 0 Å². The molecule has 0 fully saturated rings. The second kappa shape index (κ2) is 34.6. The van der Waals surface area contributed by atoms with Gasteiger partial charge in [-0.15, -0.1) is 0 Å². The number of quaternary nitrogens is 1. The van der Waals surface area contributed by atoms with Crippen molar-refractivity contribution >= 4 is 19.6 Å². The lowest BCUT2D eigenvalue weighted by Gasteiger charge is -2.27. The number of likely N-dealkylation sites (N-methyl/N-ethyl adjacent to an activating group) is 1. The average Bonchev–Trinajstić information content (AvgIpc) is 3.09. The number of rotatable bonds is 40. The number of phosphoric acid groups is 1. The predicted octanol–water partition coefficient (Wildman–Crippen LogP) is 11.4. The number of aliphatic hydroxyl groups is 1. The molecule has 0 aliphatic rings. The Bertz CT molecular complexity index is 881. The lowest BCUT2D eigenvalue weighted by Crippen LogP contribution is -2.42. The number of ketones is 1. The van der Waals surface area contributed by atoms with Gasteiger partial charge in [-0.2, -0.15) is 0 Å². The SMILES string of the molecule is CCCCCCCCCCCCCCCCCC(=O)O[C@@H](CO)C(OP(=O)(O)OCC[N+](C)(C)C)C(=O)CCCCCCCCCCCCCCC. The summed E-state index contributed by atoms with van der Waals surface area (Å²) < 4.78 is 29.4. The molecule has 0 heterocycles. The fourth-order valence-electron chi connectivity index (χ4n) is 6.46. The summed E-state index contributed by atoms with van der Waals surface area (Å²) in [6.07, 6.45) is 30.9. The smallest absolute Gasteiger partial charge is 0.457 e. The highest BCUT2D eigenvalue weighted by molar-refractivity contribution is 7.47. The van der Waals surface area contributed by atoms with Crippen LogP contribution in [0.4, 0.5) is 0 Å². The van der Waals surface area contributed by atoms with E-state index in [0.29, 0.717) is 23.9 Å². The van der Waals surface area contributed by atoms with Crippen LogP contribution in [0.1, 0.15) is 206 Å². The maximum Gasteiger partial charge on any atom is 0.473 e. The van der Waals surface area contributed by atoms with E-state index in [2.05, 4.69) is 13.8 Å². The molecule has 0 aliphatic carbocycles. The lowest BCUT2D eigenvalue weighted by atomic mass is 10.0.